The predicted molar refractivity (Wildman–Crippen MR) is 104 cm³/mol. The lowest BCUT2D eigenvalue weighted by Crippen LogP contribution is -2.46. The Morgan fingerprint density at radius 2 is 2.16 bits per heavy atom. The van der Waals surface area contributed by atoms with Crippen molar-refractivity contribution in [1.82, 2.24) is 20.5 Å². The molecular weight excluding hydrogens is 336 g/mol. The van der Waals surface area contributed by atoms with Gasteiger partial charge in [0, 0.05) is 52.6 Å². The summed E-state index contributed by atoms with van der Waals surface area (Å²) in [6.07, 6.45) is 2.68. The van der Waals surface area contributed by atoms with Crippen molar-refractivity contribution in [3.05, 3.63) is 11.1 Å². The molecule has 8 heteroatoms. The number of rotatable bonds is 6. The van der Waals surface area contributed by atoms with Crippen LogP contribution >= 0.6 is 11.3 Å². The second-order valence-corrected chi connectivity index (χ2v) is 7.33. The lowest BCUT2D eigenvalue weighted by Gasteiger charge is -2.34. The summed E-state index contributed by atoms with van der Waals surface area (Å²) in [4.78, 5) is 25.2. The number of aromatic nitrogens is 1. The smallest absolute Gasteiger partial charge is 0.220 e. The third-order valence-electron chi connectivity index (χ3n) is 4.31. The van der Waals surface area contributed by atoms with Gasteiger partial charge >= 0.3 is 0 Å². The van der Waals surface area contributed by atoms with Crippen LogP contribution in [0.5, 0.6) is 0 Å². The lowest BCUT2D eigenvalue weighted by molar-refractivity contribution is -0.121. The molecule has 0 aromatic carbocycles. The first-order valence-corrected chi connectivity index (χ1v) is 9.77. The van der Waals surface area contributed by atoms with Gasteiger partial charge in [0.15, 0.2) is 11.1 Å². The monoisotopic (exact) mass is 366 g/mol. The minimum Gasteiger partial charge on any atom is -0.359 e. The maximum absolute atomic E-state index is 11.5. The quantitative estimate of drug-likeness (QED) is 0.590. The van der Waals surface area contributed by atoms with Crippen molar-refractivity contribution in [2.45, 2.75) is 32.7 Å². The van der Waals surface area contributed by atoms with Crippen LogP contribution in [0.25, 0.3) is 0 Å². The molecule has 7 nitrogen and oxygen atoms in total. The molecular formula is C17H30N6OS. The Morgan fingerprint density at radius 1 is 1.44 bits per heavy atom. The Hall–Kier alpha value is -1.83. The number of carbonyl (C=O) groups is 1. The summed E-state index contributed by atoms with van der Waals surface area (Å²) in [5, 5.41) is 9.17. The summed E-state index contributed by atoms with van der Waals surface area (Å²) in [5.41, 5.74) is 0.999. The first-order chi connectivity index (χ1) is 12.0. The number of piperidine rings is 1. The maximum Gasteiger partial charge on any atom is 0.220 e. The number of thiazole rings is 1. The van der Waals surface area contributed by atoms with Crippen molar-refractivity contribution in [3.63, 3.8) is 0 Å². The zero-order valence-corrected chi connectivity index (χ0v) is 16.5. The Bertz CT molecular complexity index is 577. The summed E-state index contributed by atoms with van der Waals surface area (Å²) in [7, 11) is 5.70. The number of likely N-dealkylation sites (tertiary alicyclic amines) is 1. The second kappa shape index (κ2) is 9.60. The number of hydrogen-bond acceptors (Lipinski definition) is 5. The SMILES string of the molecule is CCNC(=NCc1csc(N(C)C)n1)N1CCC(CC(=O)NC)CC1. The average molecular weight is 367 g/mol. The Kier molecular flexibility index (Phi) is 7.49. The Balaban J connectivity index is 1.92. The molecule has 25 heavy (non-hydrogen) atoms. The summed E-state index contributed by atoms with van der Waals surface area (Å²) >= 11 is 1.64. The molecule has 1 aromatic rings. The van der Waals surface area contributed by atoms with Gasteiger partial charge in [0.2, 0.25) is 5.91 Å². The van der Waals surface area contributed by atoms with Gasteiger partial charge in [-0.1, -0.05) is 0 Å². The fourth-order valence-electron chi connectivity index (χ4n) is 2.87. The molecule has 2 rings (SSSR count). The van der Waals surface area contributed by atoms with Crippen molar-refractivity contribution in [2.24, 2.45) is 10.9 Å². The Morgan fingerprint density at radius 3 is 2.72 bits per heavy atom. The van der Waals surface area contributed by atoms with Gasteiger partial charge in [-0.15, -0.1) is 11.3 Å². The topological polar surface area (TPSA) is 72.9 Å². The fraction of sp³-hybridized carbons (Fsp3) is 0.706. The Labute approximate surface area is 154 Å². The summed E-state index contributed by atoms with van der Waals surface area (Å²) in [6.45, 7) is 5.39. The fourth-order valence-corrected chi connectivity index (χ4v) is 3.62. The number of nitrogens with one attached hydrogen (secondary N) is 2. The molecule has 140 valence electrons. The molecule has 1 aliphatic heterocycles. The van der Waals surface area contributed by atoms with E-state index < -0.39 is 0 Å². The number of aliphatic imine (C=N–C) groups is 1. The second-order valence-electron chi connectivity index (χ2n) is 6.49. The minimum atomic E-state index is 0.138. The molecule has 0 saturated carbocycles. The van der Waals surface area contributed by atoms with Crippen molar-refractivity contribution in [2.75, 3.05) is 45.7 Å². The van der Waals surface area contributed by atoms with E-state index in [1.165, 1.54) is 0 Å². The highest BCUT2D eigenvalue weighted by Gasteiger charge is 2.23. The van der Waals surface area contributed by atoms with Crippen LogP contribution in [0.3, 0.4) is 0 Å². The molecule has 1 aliphatic rings. The van der Waals surface area contributed by atoms with Crippen LogP contribution in [0, 0.1) is 5.92 Å². The number of hydrogen-bond donors (Lipinski definition) is 2. The van der Waals surface area contributed by atoms with Gasteiger partial charge in [0.25, 0.3) is 0 Å². The van der Waals surface area contributed by atoms with Crippen molar-refractivity contribution in [1.29, 1.82) is 0 Å². The van der Waals surface area contributed by atoms with Crippen LogP contribution in [-0.4, -0.2) is 62.5 Å². The highest BCUT2D eigenvalue weighted by atomic mass is 32.1. The van der Waals surface area contributed by atoms with Crippen molar-refractivity contribution in [3.8, 4) is 0 Å². The average Bonchev–Trinajstić information content (AvgIpc) is 3.08. The third kappa shape index (κ3) is 5.88. The van der Waals surface area contributed by atoms with Gasteiger partial charge in [0.1, 0.15) is 0 Å². The molecule has 1 saturated heterocycles. The van der Waals surface area contributed by atoms with Gasteiger partial charge in [-0.25, -0.2) is 9.98 Å². The summed E-state index contributed by atoms with van der Waals surface area (Å²) in [6, 6.07) is 0. The van der Waals surface area contributed by atoms with E-state index in [4.69, 9.17) is 4.99 Å². The largest absolute Gasteiger partial charge is 0.359 e. The minimum absolute atomic E-state index is 0.138. The van der Waals surface area contributed by atoms with E-state index in [2.05, 4.69) is 32.8 Å². The van der Waals surface area contributed by atoms with E-state index >= 15 is 0 Å². The number of amides is 1. The lowest BCUT2D eigenvalue weighted by atomic mass is 9.93. The maximum atomic E-state index is 11.5. The van der Waals surface area contributed by atoms with Crippen LogP contribution in [0.1, 0.15) is 31.9 Å². The molecule has 0 radical (unpaired) electrons. The molecule has 0 bridgehead atoms. The van der Waals surface area contributed by atoms with Gasteiger partial charge < -0.3 is 20.4 Å². The molecule has 0 atom stereocenters. The normalized spacial score (nSPS) is 16.0. The zero-order valence-electron chi connectivity index (χ0n) is 15.7. The van der Waals surface area contributed by atoms with Crippen molar-refractivity contribution < 1.29 is 4.79 Å². The first-order valence-electron chi connectivity index (χ1n) is 8.89. The summed E-state index contributed by atoms with van der Waals surface area (Å²) in [5.74, 6) is 1.56. The predicted octanol–water partition coefficient (Wildman–Crippen LogP) is 1.52. The molecule has 2 N–H and O–H groups in total. The van der Waals surface area contributed by atoms with Gasteiger partial charge in [-0.3, -0.25) is 4.79 Å². The molecule has 0 spiro atoms. The molecule has 0 aliphatic carbocycles. The third-order valence-corrected chi connectivity index (χ3v) is 5.37. The van der Waals surface area contributed by atoms with E-state index in [0.29, 0.717) is 18.9 Å². The van der Waals surface area contributed by atoms with E-state index in [1.807, 2.05) is 19.0 Å². The highest BCUT2D eigenvalue weighted by Crippen LogP contribution is 2.21. The van der Waals surface area contributed by atoms with E-state index in [9.17, 15) is 4.79 Å². The van der Waals surface area contributed by atoms with E-state index in [0.717, 1.165) is 49.3 Å². The van der Waals surface area contributed by atoms with Crippen LogP contribution in [0.2, 0.25) is 0 Å². The van der Waals surface area contributed by atoms with Gasteiger partial charge in [-0.05, 0) is 25.7 Å². The number of guanidine groups is 1. The van der Waals surface area contributed by atoms with E-state index in [-0.39, 0.29) is 5.91 Å². The highest BCUT2D eigenvalue weighted by molar-refractivity contribution is 7.13. The standard InChI is InChI=1S/C17H30N6OS/c1-5-19-16(20-11-14-12-25-17(21-14)22(3)4)23-8-6-13(7-9-23)10-15(24)18-2/h12-13H,5-11H2,1-4H3,(H,18,24)(H,19,20). The van der Waals surface area contributed by atoms with Crippen LogP contribution in [0.15, 0.2) is 10.4 Å². The number of anilines is 1. The summed E-state index contributed by atoms with van der Waals surface area (Å²) < 4.78 is 0. The molecule has 2 heterocycles. The van der Waals surface area contributed by atoms with Crippen molar-refractivity contribution >= 4 is 28.3 Å². The van der Waals surface area contributed by atoms with Gasteiger partial charge in [-0.2, -0.15) is 0 Å². The zero-order chi connectivity index (χ0) is 18.2. The molecule has 1 fully saturated rings. The van der Waals surface area contributed by atoms with Crippen LogP contribution in [-0.2, 0) is 11.3 Å². The number of nitrogens with zero attached hydrogens (tertiary/aromatic N) is 4. The number of carbonyl (C=O) groups excluding carboxylic acids is 1. The van der Waals surface area contributed by atoms with Crippen LogP contribution in [0.4, 0.5) is 5.13 Å². The molecule has 1 aromatic heterocycles. The van der Waals surface area contributed by atoms with Crippen LogP contribution < -0.4 is 15.5 Å². The molecule has 1 amide bonds. The first kappa shape index (κ1) is 19.5. The van der Waals surface area contributed by atoms with Gasteiger partial charge in [0.05, 0.1) is 12.2 Å². The van der Waals surface area contributed by atoms with E-state index in [1.54, 1.807) is 18.4 Å². The molecule has 0 unspecified atom stereocenters.